The molecule has 0 fully saturated rings. The molecule has 2 aliphatic heterocycles. The van der Waals surface area contributed by atoms with Gasteiger partial charge in [-0.2, -0.15) is 0 Å². The molecule has 0 bridgehead atoms. The normalized spacial score (nSPS) is 18.4. The Morgan fingerprint density at radius 2 is 2.11 bits per heavy atom. The molecule has 2 aliphatic rings. The van der Waals surface area contributed by atoms with Crippen LogP contribution in [0.4, 0.5) is 0 Å². The van der Waals surface area contributed by atoms with Crippen molar-refractivity contribution in [3.05, 3.63) is 56.7 Å². The second-order valence-corrected chi connectivity index (χ2v) is 8.63. The fraction of sp³-hybridized carbons (Fsp3) is 0.350. The Hall–Kier alpha value is -2.12. The number of thioether (sulfide) groups is 1. The van der Waals surface area contributed by atoms with E-state index >= 15 is 0 Å². The highest BCUT2D eigenvalue weighted by Gasteiger charge is 2.35. The fourth-order valence-corrected chi connectivity index (χ4v) is 5.03. The highest BCUT2D eigenvalue weighted by atomic mass is 32.2. The summed E-state index contributed by atoms with van der Waals surface area (Å²) in [7, 11) is 0. The molecule has 0 radical (unpaired) electrons. The van der Waals surface area contributed by atoms with Crippen LogP contribution in [0.3, 0.4) is 0 Å². The van der Waals surface area contributed by atoms with Crippen molar-refractivity contribution < 1.29 is 4.79 Å². The lowest BCUT2D eigenvalue weighted by Gasteiger charge is -2.33. The molecule has 1 atom stereocenters. The minimum atomic E-state index is -0.299. The highest BCUT2D eigenvalue weighted by molar-refractivity contribution is 8.13. The number of carbonyl (C=O) groups is 1. The zero-order valence-corrected chi connectivity index (χ0v) is 17.1. The summed E-state index contributed by atoms with van der Waals surface area (Å²) < 4.78 is 0. The average molecular weight is 399 g/mol. The third kappa shape index (κ3) is 3.53. The SMILES string of the molecule is CCCCCSC1=NN2C(=c3ccccc3=N[C@@H]2c2sccc2C)C(=O)N1. The standard InChI is InChI=1S/C20H22N4OS2/c1-3-4-7-11-27-20-22-19(25)16-14-8-5-6-9-15(14)21-18(24(16)23-20)17-13(2)10-12-26-17/h5-6,8-10,12,18H,3-4,7,11H2,1-2H3,(H,22,23,25)/t18-/m0/s1. The molecular weight excluding hydrogens is 376 g/mol. The van der Waals surface area contributed by atoms with Crippen LogP contribution >= 0.6 is 23.1 Å². The third-order valence-corrected chi connectivity index (χ3v) is 6.65. The number of para-hydroxylation sites is 1. The zero-order valence-electron chi connectivity index (χ0n) is 15.4. The number of amidine groups is 1. The van der Waals surface area contributed by atoms with E-state index in [1.807, 2.05) is 29.3 Å². The Labute approximate surface area is 166 Å². The highest BCUT2D eigenvalue weighted by Crippen LogP contribution is 2.35. The maximum Gasteiger partial charge on any atom is 0.276 e. The van der Waals surface area contributed by atoms with Crippen LogP contribution in [0.5, 0.6) is 0 Å². The summed E-state index contributed by atoms with van der Waals surface area (Å²) in [6.45, 7) is 4.27. The second kappa shape index (κ2) is 7.86. The van der Waals surface area contributed by atoms with Crippen LogP contribution in [0.1, 0.15) is 42.8 Å². The molecule has 27 heavy (non-hydrogen) atoms. The molecule has 0 saturated heterocycles. The van der Waals surface area contributed by atoms with Gasteiger partial charge in [-0.05, 0) is 36.4 Å². The van der Waals surface area contributed by atoms with Crippen LogP contribution < -0.4 is 15.9 Å². The predicted molar refractivity (Wildman–Crippen MR) is 112 cm³/mol. The van der Waals surface area contributed by atoms with Crippen molar-refractivity contribution in [1.82, 2.24) is 10.3 Å². The number of unbranched alkanes of at least 4 members (excludes halogenated alkanes) is 2. The number of nitrogens with zero attached hydrogens (tertiary/aromatic N) is 3. The maximum atomic E-state index is 13.0. The molecule has 7 heteroatoms. The zero-order chi connectivity index (χ0) is 18.8. The van der Waals surface area contributed by atoms with Crippen LogP contribution in [0.2, 0.25) is 0 Å². The van der Waals surface area contributed by atoms with Gasteiger partial charge in [-0.15, -0.1) is 16.4 Å². The first-order valence-corrected chi connectivity index (χ1v) is 11.1. The summed E-state index contributed by atoms with van der Waals surface area (Å²) >= 11 is 3.26. The number of rotatable bonds is 5. The molecule has 4 rings (SSSR count). The first kappa shape index (κ1) is 18.3. The molecule has 0 aliphatic carbocycles. The van der Waals surface area contributed by atoms with Gasteiger partial charge in [0.25, 0.3) is 5.91 Å². The van der Waals surface area contributed by atoms with Gasteiger partial charge in [-0.3, -0.25) is 15.1 Å². The van der Waals surface area contributed by atoms with E-state index in [1.165, 1.54) is 18.4 Å². The molecule has 2 aromatic rings. The van der Waals surface area contributed by atoms with E-state index in [4.69, 9.17) is 10.1 Å². The summed E-state index contributed by atoms with van der Waals surface area (Å²) in [5, 5.41) is 14.0. The summed E-state index contributed by atoms with van der Waals surface area (Å²) in [5.41, 5.74) is 1.75. The number of benzene rings is 1. The number of hydrogen-bond acceptors (Lipinski definition) is 6. The Morgan fingerprint density at radius 1 is 1.26 bits per heavy atom. The summed E-state index contributed by atoms with van der Waals surface area (Å²) in [4.78, 5) is 19.0. The lowest BCUT2D eigenvalue weighted by atomic mass is 10.1. The van der Waals surface area contributed by atoms with Crippen molar-refractivity contribution in [2.75, 3.05) is 5.75 Å². The minimum absolute atomic E-state index is 0.107. The number of hydrogen-bond donors (Lipinski definition) is 1. The molecule has 1 aromatic heterocycles. The first-order valence-electron chi connectivity index (χ1n) is 9.22. The van der Waals surface area contributed by atoms with Gasteiger partial charge in [-0.25, -0.2) is 5.01 Å². The molecule has 5 nitrogen and oxygen atoms in total. The predicted octanol–water partition coefficient (Wildman–Crippen LogP) is 3.12. The van der Waals surface area contributed by atoms with Crippen molar-refractivity contribution in [2.24, 2.45) is 10.1 Å². The number of nitrogens with one attached hydrogen (secondary N) is 1. The van der Waals surface area contributed by atoms with Gasteiger partial charge >= 0.3 is 0 Å². The monoisotopic (exact) mass is 398 g/mol. The number of aryl methyl sites for hydroxylation is 1. The molecule has 0 unspecified atom stereocenters. The number of fused-ring (bicyclic) bond motifs is 2. The van der Waals surface area contributed by atoms with Crippen molar-refractivity contribution in [1.29, 1.82) is 0 Å². The van der Waals surface area contributed by atoms with E-state index in [0.717, 1.165) is 27.6 Å². The lowest BCUT2D eigenvalue weighted by Crippen LogP contribution is -2.50. The van der Waals surface area contributed by atoms with Crippen molar-refractivity contribution in [2.45, 2.75) is 39.3 Å². The quantitative estimate of drug-likeness (QED) is 0.788. The fourth-order valence-electron chi connectivity index (χ4n) is 3.23. The molecule has 3 heterocycles. The largest absolute Gasteiger partial charge is 0.298 e. The van der Waals surface area contributed by atoms with Crippen LogP contribution in [0, 0.1) is 6.92 Å². The van der Waals surface area contributed by atoms with Gasteiger partial charge in [-0.1, -0.05) is 49.7 Å². The van der Waals surface area contributed by atoms with Gasteiger partial charge in [0.05, 0.1) is 10.2 Å². The summed E-state index contributed by atoms with van der Waals surface area (Å²) in [5.74, 6) is 0.844. The van der Waals surface area contributed by atoms with E-state index < -0.39 is 0 Å². The van der Waals surface area contributed by atoms with Crippen molar-refractivity contribution in [3.8, 4) is 0 Å². The van der Waals surface area contributed by atoms with Crippen LogP contribution in [-0.4, -0.2) is 21.8 Å². The smallest absolute Gasteiger partial charge is 0.276 e. The molecule has 0 spiro atoms. The van der Waals surface area contributed by atoms with Gasteiger partial charge in [0.1, 0.15) is 5.70 Å². The van der Waals surface area contributed by atoms with Crippen molar-refractivity contribution in [3.63, 3.8) is 0 Å². The molecule has 1 N–H and O–H groups in total. The van der Waals surface area contributed by atoms with Gasteiger partial charge in [0.15, 0.2) is 11.3 Å². The van der Waals surface area contributed by atoms with E-state index in [9.17, 15) is 4.79 Å². The molecule has 1 aromatic carbocycles. The third-order valence-electron chi connectivity index (χ3n) is 4.64. The van der Waals surface area contributed by atoms with Crippen LogP contribution in [0.25, 0.3) is 5.70 Å². The average Bonchev–Trinajstić information content (AvgIpc) is 3.10. The Kier molecular flexibility index (Phi) is 5.31. The number of hydrazone groups is 1. The Bertz CT molecular complexity index is 1010. The first-order chi connectivity index (χ1) is 13.2. The van der Waals surface area contributed by atoms with E-state index in [1.54, 1.807) is 23.1 Å². The maximum absolute atomic E-state index is 13.0. The topological polar surface area (TPSA) is 57.1 Å². The van der Waals surface area contributed by atoms with Gasteiger partial charge in [0.2, 0.25) is 0 Å². The van der Waals surface area contributed by atoms with E-state index in [0.29, 0.717) is 10.9 Å². The van der Waals surface area contributed by atoms with Crippen LogP contribution in [-0.2, 0) is 4.79 Å². The number of thiophene rings is 1. The summed E-state index contributed by atoms with van der Waals surface area (Å²) in [6.07, 6.45) is 3.19. The molecule has 0 saturated carbocycles. The molecular formula is C20H22N4OS2. The van der Waals surface area contributed by atoms with E-state index in [-0.39, 0.29) is 12.1 Å². The Balaban J connectivity index is 1.77. The molecule has 140 valence electrons. The Morgan fingerprint density at radius 3 is 2.89 bits per heavy atom. The summed E-state index contributed by atoms with van der Waals surface area (Å²) in [6, 6.07) is 9.87. The van der Waals surface area contributed by atoms with Gasteiger partial charge in [0, 0.05) is 11.0 Å². The minimum Gasteiger partial charge on any atom is -0.298 e. The lowest BCUT2D eigenvalue weighted by molar-refractivity contribution is -0.116. The van der Waals surface area contributed by atoms with E-state index in [2.05, 4.69) is 30.6 Å². The van der Waals surface area contributed by atoms with Gasteiger partial charge < -0.3 is 0 Å². The number of carbonyl (C=O) groups excluding carboxylic acids is 1. The molecule has 1 amide bonds. The van der Waals surface area contributed by atoms with Crippen molar-refractivity contribution >= 4 is 39.9 Å². The van der Waals surface area contributed by atoms with Crippen LogP contribution in [0.15, 0.2) is 45.8 Å². The second-order valence-electron chi connectivity index (χ2n) is 6.60. The number of amides is 1.